The van der Waals surface area contributed by atoms with Gasteiger partial charge in [-0.1, -0.05) is 41.9 Å². The number of carbonyl (C=O) groups excluding carboxylic acids is 2. The molecule has 1 N–H and O–H groups in total. The minimum absolute atomic E-state index is 0.0503. The molecule has 1 atom stereocenters. The predicted molar refractivity (Wildman–Crippen MR) is 141 cm³/mol. The van der Waals surface area contributed by atoms with Gasteiger partial charge in [0.05, 0.1) is 48.0 Å². The zero-order valence-corrected chi connectivity index (χ0v) is 21.4. The lowest BCUT2D eigenvalue weighted by Crippen LogP contribution is -2.38. The molecule has 2 saturated heterocycles. The average molecular weight is 521 g/mol. The van der Waals surface area contributed by atoms with Gasteiger partial charge >= 0.3 is 0 Å². The van der Waals surface area contributed by atoms with Crippen molar-refractivity contribution in [1.29, 1.82) is 0 Å². The maximum Gasteiger partial charge on any atom is 0.295 e. The summed E-state index contributed by atoms with van der Waals surface area (Å²) in [6.07, 6.45) is 2.22. The molecule has 0 saturated carbocycles. The highest BCUT2D eigenvalue weighted by atomic mass is 35.5. The van der Waals surface area contributed by atoms with Crippen LogP contribution in [0, 0.1) is 6.92 Å². The molecule has 0 radical (unpaired) electrons. The number of ether oxygens (including phenoxy) is 1. The Bertz CT molecular complexity index is 1330. The molecule has 0 spiro atoms. The van der Waals surface area contributed by atoms with E-state index in [9.17, 15) is 14.7 Å². The van der Waals surface area contributed by atoms with Gasteiger partial charge in [-0.15, -0.1) is 0 Å². The van der Waals surface area contributed by atoms with Crippen molar-refractivity contribution >= 4 is 29.1 Å². The standard InChI is InChI=1S/C28H29ClN4O4/c1-19-23(18-30-33(19)22-9-3-2-4-10-22)26(34)24-25(20-7-5-8-21(29)17-20)32(28(36)27(24)35)12-6-11-31-13-15-37-16-14-31/h2-5,7-10,17-18,25,34H,6,11-16H2,1H3/b26-24+/t25-/m0/s1. The van der Waals surface area contributed by atoms with Gasteiger partial charge in [0.15, 0.2) is 0 Å². The Kier molecular flexibility index (Phi) is 7.41. The Morgan fingerprint density at radius 3 is 2.57 bits per heavy atom. The van der Waals surface area contributed by atoms with Gasteiger partial charge in [0.25, 0.3) is 11.7 Å². The number of ketones is 1. The summed E-state index contributed by atoms with van der Waals surface area (Å²) in [4.78, 5) is 30.5. The number of rotatable bonds is 7. The average Bonchev–Trinajstić information content (AvgIpc) is 3.42. The molecule has 0 bridgehead atoms. The van der Waals surface area contributed by atoms with E-state index in [0.29, 0.717) is 48.0 Å². The van der Waals surface area contributed by atoms with Crippen molar-refractivity contribution in [3.8, 4) is 5.69 Å². The van der Waals surface area contributed by atoms with Crippen LogP contribution in [0.4, 0.5) is 0 Å². The van der Waals surface area contributed by atoms with E-state index in [4.69, 9.17) is 16.3 Å². The fourth-order valence-corrected chi connectivity index (χ4v) is 5.24. The van der Waals surface area contributed by atoms with Gasteiger partial charge in [0, 0.05) is 31.2 Å². The van der Waals surface area contributed by atoms with Crippen molar-refractivity contribution in [3.05, 3.63) is 88.2 Å². The molecule has 9 heteroatoms. The number of Topliss-reactive ketones (excluding diaryl/α,β-unsaturated/α-hetero) is 1. The van der Waals surface area contributed by atoms with Gasteiger partial charge in [0.1, 0.15) is 5.76 Å². The summed E-state index contributed by atoms with van der Waals surface area (Å²) in [7, 11) is 0. The fraction of sp³-hybridized carbons (Fsp3) is 0.321. The number of morpholine rings is 1. The van der Waals surface area contributed by atoms with Gasteiger partial charge in [-0.2, -0.15) is 5.10 Å². The number of amides is 1. The van der Waals surface area contributed by atoms with Crippen LogP contribution in [0.15, 0.2) is 66.4 Å². The molecule has 2 aliphatic rings. The maximum absolute atomic E-state index is 13.4. The fourth-order valence-electron chi connectivity index (χ4n) is 5.04. The number of aromatic nitrogens is 2. The number of halogens is 1. The molecule has 1 amide bonds. The second kappa shape index (κ2) is 10.9. The summed E-state index contributed by atoms with van der Waals surface area (Å²) in [6.45, 7) is 6.08. The van der Waals surface area contributed by atoms with Crippen molar-refractivity contribution < 1.29 is 19.4 Å². The Hall–Kier alpha value is -3.46. The third-order valence-electron chi connectivity index (χ3n) is 6.95. The number of benzene rings is 2. The normalized spacial score (nSPS) is 20.1. The molecule has 2 fully saturated rings. The zero-order chi connectivity index (χ0) is 25.9. The molecule has 5 rings (SSSR count). The second-order valence-electron chi connectivity index (χ2n) is 9.25. The molecule has 0 unspecified atom stereocenters. The Balaban J connectivity index is 1.51. The van der Waals surface area contributed by atoms with Crippen molar-refractivity contribution in [2.75, 3.05) is 39.4 Å². The van der Waals surface area contributed by atoms with E-state index in [1.54, 1.807) is 27.8 Å². The molecular weight excluding hydrogens is 492 g/mol. The molecule has 2 aromatic carbocycles. The van der Waals surface area contributed by atoms with Crippen molar-refractivity contribution in [2.24, 2.45) is 0 Å². The summed E-state index contributed by atoms with van der Waals surface area (Å²) in [6, 6.07) is 15.9. The van der Waals surface area contributed by atoms with E-state index >= 15 is 0 Å². The number of hydrogen-bond donors (Lipinski definition) is 1. The maximum atomic E-state index is 13.4. The van der Waals surface area contributed by atoms with Crippen molar-refractivity contribution in [3.63, 3.8) is 0 Å². The third kappa shape index (κ3) is 5.05. The van der Waals surface area contributed by atoms with Crippen LogP contribution in [0.2, 0.25) is 5.02 Å². The van der Waals surface area contributed by atoms with Crippen LogP contribution in [0.5, 0.6) is 0 Å². The molecule has 37 heavy (non-hydrogen) atoms. The first-order chi connectivity index (χ1) is 18.0. The molecule has 192 valence electrons. The number of aliphatic hydroxyl groups excluding tert-OH is 1. The number of para-hydroxylation sites is 1. The lowest BCUT2D eigenvalue weighted by Gasteiger charge is -2.29. The van der Waals surface area contributed by atoms with E-state index in [2.05, 4.69) is 10.00 Å². The SMILES string of the molecule is Cc1c(/C(O)=C2\C(=O)C(=O)N(CCCN3CCOCC3)[C@H]2c2cccc(Cl)c2)cnn1-c1ccccc1. The van der Waals surface area contributed by atoms with E-state index < -0.39 is 17.7 Å². The lowest BCUT2D eigenvalue weighted by molar-refractivity contribution is -0.140. The Morgan fingerprint density at radius 1 is 1.08 bits per heavy atom. The van der Waals surface area contributed by atoms with Crippen LogP contribution in [0.1, 0.15) is 29.3 Å². The monoisotopic (exact) mass is 520 g/mol. The number of nitrogens with zero attached hydrogens (tertiary/aromatic N) is 4. The van der Waals surface area contributed by atoms with E-state index in [-0.39, 0.29) is 11.3 Å². The molecule has 2 aliphatic heterocycles. The minimum atomic E-state index is -0.747. The molecule has 3 aromatic rings. The number of aliphatic hydroxyl groups is 1. The molecule has 1 aromatic heterocycles. The molecule has 0 aliphatic carbocycles. The van der Waals surface area contributed by atoms with Crippen LogP contribution in [-0.4, -0.2) is 75.8 Å². The van der Waals surface area contributed by atoms with Gasteiger partial charge in [-0.3, -0.25) is 14.5 Å². The Morgan fingerprint density at radius 2 is 1.84 bits per heavy atom. The van der Waals surface area contributed by atoms with Crippen LogP contribution in [0.3, 0.4) is 0 Å². The summed E-state index contributed by atoms with van der Waals surface area (Å²) >= 11 is 6.29. The van der Waals surface area contributed by atoms with Gasteiger partial charge in [-0.25, -0.2) is 4.68 Å². The lowest BCUT2D eigenvalue weighted by atomic mass is 9.95. The second-order valence-corrected chi connectivity index (χ2v) is 9.68. The van der Waals surface area contributed by atoms with E-state index in [1.807, 2.05) is 43.3 Å². The highest BCUT2D eigenvalue weighted by Crippen LogP contribution is 2.40. The van der Waals surface area contributed by atoms with E-state index in [0.717, 1.165) is 25.3 Å². The summed E-state index contributed by atoms with van der Waals surface area (Å²) < 4.78 is 7.11. The van der Waals surface area contributed by atoms with Crippen LogP contribution < -0.4 is 0 Å². The summed E-state index contributed by atoms with van der Waals surface area (Å²) in [5.74, 6) is -1.57. The molecule has 8 nitrogen and oxygen atoms in total. The van der Waals surface area contributed by atoms with Gasteiger partial charge in [-0.05, 0) is 43.2 Å². The van der Waals surface area contributed by atoms with Crippen molar-refractivity contribution in [1.82, 2.24) is 19.6 Å². The summed E-state index contributed by atoms with van der Waals surface area (Å²) in [5.41, 5.74) is 2.62. The number of likely N-dealkylation sites (tertiary alicyclic amines) is 1. The first-order valence-corrected chi connectivity index (χ1v) is 12.8. The molecular formula is C28H29ClN4O4. The third-order valence-corrected chi connectivity index (χ3v) is 7.18. The van der Waals surface area contributed by atoms with Crippen molar-refractivity contribution in [2.45, 2.75) is 19.4 Å². The Labute approximate surface area is 220 Å². The van der Waals surface area contributed by atoms with Gasteiger partial charge < -0.3 is 14.7 Å². The van der Waals surface area contributed by atoms with Crippen LogP contribution >= 0.6 is 11.6 Å². The molecule has 3 heterocycles. The minimum Gasteiger partial charge on any atom is -0.507 e. The number of hydrogen-bond acceptors (Lipinski definition) is 6. The zero-order valence-electron chi connectivity index (χ0n) is 20.6. The van der Waals surface area contributed by atoms with Crippen LogP contribution in [-0.2, 0) is 14.3 Å². The quantitative estimate of drug-likeness (QED) is 0.288. The smallest absolute Gasteiger partial charge is 0.295 e. The first kappa shape index (κ1) is 25.2. The highest BCUT2D eigenvalue weighted by molar-refractivity contribution is 6.46. The van der Waals surface area contributed by atoms with Crippen LogP contribution in [0.25, 0.3) is 11.4 Å². The summed E-state index contributed by atoms with van der Waals surface area (Å²) in [5, 5.41) is 16.4. The van der Waals surface area contributed by atoms with Gasteiger partial charge in [0.2, 0.25) is 0 Å². The topological polar surface area (TPSA) is 87.9 Å². The highest BCUT2D eigenvalue weighted by Gasteiger charge is 2.46. The number of carbonyl (C=O) groups is 2. The first-order valence-electron chi connectivity index (χ1n) is 12.4. The largest absolute Gasteiger partial charge is 0.507 e. The predicted octanol–water partition coefficient (Wildman–Crippen LogP) is 3.98. The van der Waals surface area contributed by atoms with E-state index in [1.165, 1.54) is 6.20 Å².